The Balaban J connectivity index is 0.000000360. The van der Waals surface area contributed by atoms with E-state index in [4.69, 9.17) is 10.8 Å². The van der Waals surface area contributed by atoms with Crippen molar-refractivity contribution < 1.29 is 5.11 Å². The van der Waals surface area contributed by atoms with Crippen molar-refractivity contribution >= 4 is 12.4 Å². The molecule has 0 radical (unpaired) electrons. The average molecular weight is 124 g/mol. The van der Waals surface area contributed by atoms with Crippen LogP contribution in [0.1, 0.15) is 6.42 Å². The van der Waals surface area contributed by atoms with E-state index in [-0.39, 0.29) is 19.0 Å². The molecule has 1 fully saturated rings. The summed E-state index contributed by atoms with van der Waals surface area (Å²) in [6.07, 6.45) is 1.02. The Kier molecular flexibility index (Phi) is 2.58. The molecule has 0 heterocycles. The molecular formula is C4H10ClNO. The van der Waals surface area contributed by atoms with Gasteiger partial charge in [0.15, 0.2) is 0 Å². The normalized spacial score (nSPS) is 36.9. The van der Waals surface area contributed by atoms with E-state index in [0.29, 0.717) is 12.0 Å². The summed E-state index contributed by atoms with van der Waals surface area (Å²) in [4.78, 5) is 0. The number of halogens is 1. The van der Waals surface area contributed by atoms with Crippen LogP contribution in [-0.4, -0.2) is 17.8 Å². The molecule has 3 heteroatoms. The second kappa shape index (κ2) is 2.50. The summed E-state index contributed by atoms with van der Waals surface area (Å²) in [6, 6.07) is 0.315. The van der Waals surface area contributed by atoms with Crippen LogP contribution in [0.5, 0.6) is 0 Å². The summed E-state index contributed by atoms with van der Waals surface area (Å²) >= 11 is 0. The fraction of sp³-hybridized carbons (Fsp3) is 1.00. The standard InChI is InChI=1S/C4H9NO.ClH/c5-4-1-3(4)2-6;/h3-4,6H,1-2,5H2;1H/t3-,4-;/m0./s1. The summed E-state index contributed by atoms with van der Waals surface area (Å²) in [5, 5.41) is 8.30. The molecule has 3 N–H and O–H groups in total. The third kappa shape index (κ3) is 1.63. The summed E-state index contributed by atoms with van der Waals surface area (Å²) in [5.41, 5.74) is 5.32. The molecule has 1 rings (SSSR count). The average Bonchev–Trinajstić information content (AvgIpc) is 2.19. The van der Waals surface area contributed by atoms with Crippen LogP contribution in [0.15, 0.2) is 0 Å². The molecule has 0 amide bonds. The van der Waals surface area contributed by atoms with Crippen LogP contribution in [0.25, 0.3) is 0 Å². The highest BCUT2D eigenvalue weighted by atomic mass is 35.5. The van der Waals surface area contributed by atoms with Crippen molar-refractivity contribution in [3.8, 4) is 0 Å². The van der Waals surface area contributed by atoms with Gasteiger partial charge in [0, 0.05) is 12.6 Å². The topological polar surface area (TPSA) is 46.2 Å². The maximum absolute atomic E-state index is 8.30. The van der Waals surface area contributed by atoms with E-state index >= 15 is 0 Å². The highest BCUT2D eigenvalue weighted by Gasteiger charge is 2.31. The molecule has 0 aromatic heterocycles. The lowest BCUT2D eigenvalue weighted by Crippen LogP contribution is -2.03. The van der Waals surface area contributed by atoms with Gasteiger partial charge in [-0.05, 0) is 12.3 Å². The van der Waals surface area contributed by atoms with Gasteiger partial charge in [-0.1, -0.05) is 0 Å². The number of aliphatic hydroxyl groups excluding tert-OH is 1. The van der Waals surface area contributed by atoms with Gasteiger partial charge in [0.05, 0.1) is 0 Å². The lowest BCUT2D eigenvalue weighted by Gasteiger charge is -1.79. The molecule has 0 unspecified atom stereocenters. The largest absolute Gasteiger partial charge is 0.396 e. The summed E-state index contributed by atoms with van der Waals surface area (Å²) < 4.78 is 0. The van der Waals surface area contributed by atoms with Gasteiger partial charge in [-0.2, -0.15) is 0 Å². The molecule has 1 saturated carbocycles. The molecule has 1 aliphatic carbocycles. The quantitative estimate of drug-likeness (QED) is 0.505. The van der Waals surface area contributed by atoms with Crippen molar-refractivity contribution in [3.63, 3.8) is 0 Å². The van der Waals surface area contributed by atoms with Crippen LogP contribution >= 0.6 is 12.4 Å². The van der Waals surface area contributed by atoms with Gasteiger partial charge in [-0.15, -0.1) is 12.4 Å². The van der Waals surface area contributed by atoms with E-state index in [1.807, 2.05) is 0 Å². The summed E-state index contributed by atoms with van der Waals surface area (Å²) in [7, 11) is 0. The summed E-state index contributed by atoms with van der Waals surface area (Å²) in [6.45, 7) is 0.279. The molecule has 1 aliphatic rings. The minimum Gasteiger partial charge on any atom is -0.396 e. The zero-order valence-corrected chi connectivity index (χ0v) is 4.82. The first-order valence-electron chi connectivity index (χ1n) is 2.21. The molecular weight excluding hydrogens is 114 g/mol. The Morgan fingerprint density at radius 3 is 2.14 bits per heavy atom. The van der Waals surface area contributed by atoms with Gasteiger partial charge in [-0.3, -0.25) is 0 Å². The SMILES string of the molecule is Cl.N[C@H]1C[C@H]1CO. The van der Waals surface area contributed by atoms with Gasteiger partial charge in [0.25, 0.3) is 0 Å². The van der Waals surface area contributed by atoms with Crippen molar-refractivity contribution in [3.05, 3.63) is 0 Å². The van der Waals surface area contributed by atoms with Crippen molar-refractivity contribution in [2.75, 3.05) is 6.61 Å². The van der Waals surface area contributed by atoms with Gasteiger partial charge >= 0.3 is 0 Å². The number of nitrogens with two attached hydrogens (primary N) is 1. The molecule has 0 spiro atoms. The van der Waals surface area contributed by atoms with Crippen molar-refractivity contribution in [2.45, 2.75) is 12.5 Å². The van der Waals surface area contributed by atoms with Crippen molar-refractivity contribution in [1.82, 2.24) is 0 Å². The highest BCUT2D eigenvalue weighted by molar-refractivity contribution is 5.85. The van der Waals surface area contributed by atoms with Crippen LogP contribution < -0.4 is 5.73 Å². The highest BCUT2D eigenvalue weighted by Crippen LogP contribution is 2.25. The minimum atomic E-state index is 0. The molecule has 0 aromatic rings. The van der Waals surface area contributed by atoms with E-state index in [2.05, 4.69) is 0 Å². The Bertz CT molecular complexity index is 57.7. The van der Waals surface area contributed by atoms with Crippen molar-refractivity contribution in [1.29, 1.82) is 0 Å². The fourth-order valence-corrected chi connectivity index (χ4v) is 0.481. The Morgan fingerprint density at radius 2 is 2.14 bits per heavy atom. The van der Waals surface area contributed by atoms with E-state index in [0.717, 1.165) is 6.42 Å². The van der Waals surface area contributed by atoms with E-state index in [1.165, 1.54) is 0 Å². The molecule has 2 atom stereocenters. The van der Waals surface area contributed by atoms with Gasteiger partial charge in [-0.25, -0.2) is 0 Å². The van der Waals surface area contributed by atoms with Crippen LogP contribution in [-0.2, 0) is 0 Å². The van der Waals surface area contributed by atoms with E-state index < -0.39 is 0 Å². The van der Waals surface area contributed by atoms with Gasteiger partial charge < -0.3 is 10.8 Å². The van der Waals surface area contributed by atoms with Crippen LogP contribution in [0, 0.1) is 5.92 Å². The second-order valence-electron chi connectivity index (χ2n) is 1.84. The predicted molar refractivity (Wildman–Crippen MR) is 30.4 cm³/mol. The molecule has 0 saturated heterocycles. The Hall–Kier alpha value is 0.210. The van der Waals surface area contributed by atoms with Crippen LogP contribution in [0.4, 0.5) is 0 Å². The van der Waals surface area contributed by atoms with Crippen LogP contribution in [0.2, 0.25) is 0 Å². The molecule has 2 nitrogen and oxygen atoms in total. The second-order valence-corrected chi connectivity index (χ2v) is 1.84. The zero-order valence-electron chi connectivity index (χ0n) is 4.00. The fourth-order valence-electron chi connectivity index (χ4n) is 0.481. The van der Waals surface area contributed by atoms with Gasteiger partial charge in [0.1, 0.15) is 0 Å². The summed E-state index contributed by atoms with van der Waals surface area (Å²) in [5.74, 6) is 0.435. The number of aliphatic hydroxyl groups is 1. The first-order chi connectivity index (χ1) is 2.84. The maximum atomic E-state index is 8.30. The third-order valence-electron chi connectivity index (χ3n) is 1.21. The van der Waals surface area contributed by atoms with Crippen LogP contribution in [0.3, 0.4) is 0 Å². The number of hydrogen-bond donors (Lipinski definition) is 2. The first kappa shape index (κ1) is 7.21. The predicted octanol–water partition coefficient (Wildman–Crippen LogP) is -0.252. The number of hydrogen-bond acceptors (Lipinski definition) is 2. The monoisotopic (exact) mass is 123 g/mol. The maximum Gasteiger partial charge on any atom is 0.0474 e. The molecule has 44 valence electrons. The molecule has 0 aromatic carbocycles. The third-order valence-corrected chi connectivity index (χ3v) is 1.21. The molecule has 7 heavy (non-hydrogen) atoms. The minimum absolute atomic E-state index is 0. The Labute approximate surface area is 49.1 Å². The van der Waals surface area contributed by atoms with Crippen molar-refractivity contribution in [2.24, 2.45) is 11.7 Å². The molecule has 0 bridgehead atoms. The van der Waals surface area contributed by atoms with E-state index in [9.17, 15) is 0 Å². The Morgan fingerprint density at radius 1 is 1.71 bits per heavy atom. The number of rotatable bonds is 1. The first-order valence-corrected chi connectivity index (χ1v) is 2.21. The molecule has 0 aliphatic heterocycles. The lowest BCUT2D eigenvalue weighted by molar-refractivity contribution is 0.274. The van der Waals surface area contributed by atoms with Gasteiger partial charge in [0.2, 0.25) is 0 Å². The lowest BCUT2D eigenvalue weighted by atomic mass is 10.4. The smallest absolute Gasteiger partial charge is 0.0474 e. The van der Waals surface area contributed by atoms with E-state index in [1.54, 1.807) is 0 Å². The zero-order chi connectivity index (χ0) is 4.57.